The molecule has 4 aromatic rings. The first-order valence-electron chi connectivity index (χ1n) is 11.2. The molecule has 1 aliphatic carbocycles. The van der Waals surface area contributed by atoms with Crippen molar-refractivity contribution in [3.63, 3.8) is 0 Å². The molecule has 1 saturated carbocycles. The highest BCUT2D eigenvalue weighted by molar-refractivity contribution is 5.84. The van der Waals surface area contributed by atoms with Gasteiger partial charge < -0.3 is 15.0 Å². The van der Waals surface area contributed by atoms with Crippen LogP contribution in [0.25, 0.3) is 33.8 Å². The number of nitrogens with one attached hydrogen (secondary N) is 1. The summed E-state index contributed by atoms with van der Waals surface area (Å²) in [5.41, 5.74) is 6.65. The van der Waals surface area contributed by atoms with Crippen LogP contribution >= 0.6 is 0 Å². The minimum Gasteiger partial charge on any atom is -0.465 e. The molecule has 6 rings (SSSR count). The van der Waals surface area contributed by atoms with Gasteiger partial charge in [-0.2, -0.15) is 0 Å². The molecule has 0 saturated heterocycles. The van der Waals surface area contributed by atoms with Crippen LogP contribution in [0.4, 0.5) is 4.79 Å². The second-order valence-electron chi connectivity index (χ2n) is 8.79. The van der Waals surface area contributed by atoms with Crippen molar-refractivity contribution in [2.45, 2.75) is 37.8 Å². The van der Waals surface area contributed by atoms with Gasteiger partial charge in [-0.05, 0) is 36.5 Å². The Hall–Kier alpha value is -4.00. The molecule has 2 aromatic carbocycles. The average Bonchev–Trinajstić information content (AvgIpc) is 3.31. The summed E-state index contributed by atoms with van der Waals surface area (Å²) in [7, 11) is 0. The summed E-state index contributed by atoms with van der Waals surface area (Å²) in [6, 6.07) is 20.6. The third-order valence-corrected chi connectivity index (χ3v) is 6.90. The van der Waals surface area contributed by atoms with E-state index in [4.69, 9.17) is 4.98 Å². The minimum atomic E-state index is -0.977. The third kappa shape index (κ3) is 3.28. The number of hydrogen-bond acceptors (Lipinski definition) is 4. The lowest BCUT2D eigenvalue weighted by Gasteiger charge is -2.42. The topological polar surface area (TPSA) is 92.9 Å². The maximum absolute atomic E-state index is 11.3. The fraction of sp³-hybridized carbons (Fsp3) is 0.231. The summed E-state index contributed by atoms with van der Waals surface area (Å²) < 4.78 is 2.07. The van der Waals surface area contributed by atoms with E-state index in [1.165, 1.54) is 0 Å². The number of aromatic nitrogens is 4. The molecule has 1 amide bonds. The fourth-order valence-corrected chi connectivity index (χ4v) is 5.01. The monoisotopic (exact) mass is 437 g/mol. The molecule has 7 heteroatoms. The van der Waals surface area contributed by atoms with Gasteiger partial charge in [0.2, 0.25) is 0 Å². The van der Waals surface area contributed by atoms with Crippen LogP contribution in [-0.4, -0.2) is 30.9 Å². The Morgan fingerprint density at radius 2 is 1.79 bits per heavy atom. The smallest absolute Gasteiger partial charge is 0.405 e. The molecule has 164 valence electrons. The summed E-state index contributed by atoms with van der Waals surface area (Å²) in [5, 5.41) is 20.5. The second kappa shape index (κ2) is 7.55. The molecular weight excluding hydrogens is 414 g/mol. The zero-order valence-electron chi connectivity index (χ0n) is 18.0. The van der Waals surface area contributed by atoms with Gasteiger partial charge in [0.1, 0.15) is 6.33 Å². The van der Waals surface area contributed by atoms with Gasteiger partial charge in [-0.3, -0.25) is 4.98 Å². The Bertz CT molecular complexity index is 1340. The zero-order valence-corrected chi connectivity index (χ0v) is 18.0. The van der Waals surface area contributed by atoms with Crippen LogP contribution < -0.4 is 5.32 Å². The quantitative estimate of drug-likeness (QED) is 0.475. The Balaban J connectivity index is 1.47. The highest BCUT2D eigenvalue weighted by Crippen LogP contribution is 2.42. The van der Waals surface area contributed by atoms with Crippen LogP contribution in [0.5, 0.6) is 0 Å². The van der Waals surface area contributed by atoms with Crippen LogP contribution in [-0.2, 0) is 18.5 Å². The number of rotatable bonds is 4. The Labute approximate surface area is 191 Å². The molecule has 0 spiro atoms. The molecule has 0 atom stereocenters. The van der Waals surface area contributed by atoms with Gasteiger partial charge in [-0.1, -0.05) is 54.6 Å². The molecule has 2 N–H and O–H groups in total. The molecule has 2 aliphatic rings. The van der Waals surface area contributed by atoms with E-state index in [1.54, 1.807) is 6.33 Å². The molecule has 33 heavy (non-hydrogen) atoms. The number of hydrogen-bond donors (Lipinski definition) is 2. The molecule has 2 aromatic heterocycles. The van der Waals surface area contributed by atoms with Crippen LogP contribution in [0.1, 0.15) is 30.5 Å². The Morgan fingerprint density at radius 3 is 2.48 bits per heavy atom. The lowest BCUT2D eigenvalue weighted by atomic mass is 9.71. The van der Waals surface area contributed by atoms with Crippen LogP contribution in [0.15, 0.2) is 67.0 Å². The van der Waals surface area contributed by atoms with Crippen LogP contribution in [0.2, 0.25) is 0 Å². The SMILES string of the molecule is O=C(O)NC1(c2ccc(-c3nc4c(cc3-c3ccccc3)-c3nncn3CC4)cc2)CCC1. The van der Waals surface area contributed by atoms with Gasteiger partial charge in [-0.15, -0.1) is 10.2 Å². The van der Waals surface area contributed by atoms with Gasteiger partial charge in [0.05, 0.1) is 16.9 Å². The maximum atomic E-state index is 11.3. The fourth-order valence-electron chi connectivity index (χ4n) is 5.01. The predicted octanol–water partition coefficient (Wildman–Crippen LogP) is 4.88. The summed E-state index contributed by atoms with van der Waals surface area (Å²) in [6.07, 6.45) is 4.30. The van der Waals surface area contributed by atoms with E-state index in [9.17, 15) is 9.90 Å². The van der Waals surface area contributed by atoms with Gasteiger partial charge in [0.25, 0.3) is 0 Å². The van der Waals surface area contributed by atoms with Crippen molar-refractivity contribution in [2.75, 3.05) is 0 Å². The highest BCUT2D eigenvalue weighted by Gasteiger charge is 2.40. The van der Waals surface area contributed by atoms with E-state index in [1.807, 2.05) is 30.3 Å². The summed E-state index contributed by atoms with van der Waals surface area (Å²) >= 11 is 0. The predicted molar refractivity (Wildman–Crippen MR) is 125 cm³/mol. The first kappa shape index (κ1) is 19.7. The number of benzene rings is 2. The summed E-state index contributed by atoms with van der Waals surface area (Å²) in [4.78, 5) is 16.5. The molecule has 1 aliphatic heterocycles. The lowest BCUT2D eigenvalue weighted by molar-refractivity contribution is 0.144. The molecule has 1 fully saturated rings. The van der Waals surface area contributed by atoms with Crippen LogP contribution in [0.3, 0.4) is 0 Å². The van der Waals surface area contributed by atoms with Crippen molar-refractivity contribution in [3.8, 4) is 33.8 Å². The Morgan fingerprint density at radius 1 is 1.00 bits per heavy atom. The first-order chi connectivity index (χ1) is 16.1. The maximum Gasteiger partial charge on any atom is 0.405 e. The minimum absolute atomic E-state index is 0.472. The van der Waals surface area contributed by atoms with E-state index in [0.717, 1.165) is 77.3 Å². The average molecular weight is 438 g/mol. The van der Waals surface area contributed by atoms with Crippen molar-refractivity contribution in [1.82, 2.24) is 25.1 Å². The standard InChI is InChI=1S/C26H23N5O2/c32-25(33)29-26(12-4-13-26)19-9-7-18(8-10-19)23-20(17-5-2-1-3-6-17)15-21-22(28-23)11-14-31-16-27-30-24(21)31/h1-3,5-10,15-16,29H,4,11-14H2,(H,32,33). The molecule has 3 heterocycles. The van der Waals surface area contributed by atoms with Gasteiger partial charge >= 0.3 is 6.09 Å². The first-order valence-corrected chi connectivity index (χ1v) is 11.2. The molecule has 0 radical (unpaired) electrons. The highest BCUT2D eigenvalue weighted by atomic mass is 16.4. The molecule has 0 bridgehead atoms. The molecular formula is C26H23N5O2. The number of carboxylic acid groups (broad SMARTS) is 1. The normalized spacial score (nSPS) is 15.8. The lowest BCUT2D eigenvalue weighted by Crippen LogP contribution is -2.50. The van der Waals surface area contributed by atoms with E-state index < -0.39 is 11.6 Å². The summed E-state index contributed by atoms with van der Waals surface area (Å²) in [6.45, 7) is 0.814. The number of amides is 1. The van der Waals surface area contributed by atoms with Crippen molar-refractivity contribution in [1.29, 1.82) is 0 Å². The molecule has 0 unspecified atom stereocenters. The molecule has 7 nitrogen and oxygen atoms in total. The number of carbonyl (C=O) groups is 1. The van der Waals surface area contributed by atoms with Crippen LogP contribution in [0, 0.1) is 0 Å². The number of pyridine rings is 1. The van der Waals surface area contributed by atoms with Crippen molar-refractivity contribution in [3.05, 3.63) is 78.2 Å². The second-order valence-corrected chi connectivity index (χ2v) is 8.79. The van der Waals surface area contributed by atoms with E-state index >= 15 is 0 Å². The van der Waals surface area contributed by atoms with E-state index in [-0.39, 0.29) is 0 Å². The van der Waals surface area contributed by atoms with Crippen molar-refractivity contribution >= 4 is 6.09 Å². The zero-order chi connectivity index (χ0) is 22.4. The van der Waals surface area contributed by atoms with Gasteiger partial charge in [0.15, 0.2) is 5.82 Å². The summed E-state index contributed by atoms with van der Waals surface area (Å²) in [5.74, 6) is 0.856. The largest absolute Gasteiger partial charge is 0.465 e. The van der Waals surface area contributed by atoms with E-state index in [2.05, 4.69) is 50.4 Å². The van der Waals surface area contributed by atoms with Gasteiger partial charge in [0, 0.05) is 29.7 Å². The number of fused-ring (bicyclic) bond motifs is 3. The van der Waals surface area contributed by atoms with Gasteiger partial charge in [-0.25, -0.2) is 4.79 Å². The number of nitrogens with zero attached hydrogens (tertiary/aromatic N) is 4. The number of aryl methyl sites for hydroxylation is 2. The third-order valence-electron chi connectivity index (χ3n) is 6.90. The Kier molecular flexibility index (Phi) is 4.50. The van der Waals surface area contributed by atoms with Crippen molar-refractivity contribution in [2.24, 2.45) is 0 Å². The van der Waals surface area contributed by atoms with E-state index in [0.29, 0.717) is 0 Å². The van der Waals surface area contributed by atoms with Crippen molar-refractivity contribution < 1.29 is 9.90 Å².